The first kappa shape index (κ1) is 18.8. The Bertz CT molecular complexity index is 647. The molecule has 0 fully saturated rings. The lowest BCUT2D eigenvalue weighted by molar-refractivity contribution is -0.151. The van der Waals surface area contributed by atoms with Gasteiger partial charge in [-0.2, -0.15) is 0 Å². The molecule has 4 heteroatoms. The maximum atomic E-state index is 11.6. The second kappa shape index (κ2) is 9.11. The molecule has 0 aliphatic rings. The number of esters is 1. The minimum Gasteiger partial charge on any atom is -0.494 e. The smallest absolute Gasteiger partial charge is 0.311 e. The third-order valence-electron chi connectivity index (χ3n) is 4.02. The Morgan fingerprint density at radius 2 is 1.52 bits per heavy atom. The van der Waals surface area contributed by atoms with Crippen LogP contribution in [0.4, 0.5) is 0 Å². The van der Waals surface area contributed by atoms with Crippen molar-refractivity contribution in [2.24, 2.45) is 5.41 Å². The number of methoxy groups -OCH3 is 1. The number of carbonyl (C=O) groups excluding carboxylic acids is 1. The van der Waals surface area contributed by atoms with Gasteiger partial charge in [0.15, 0.2) is 0 Å². The molecule has 0 unspecified atom stereocenters. The summed E-state index contributed by atoms with van der Waals surface area (Å²) in [5.41, 5.74) is 0.656. The van der Waals surface area contributed by atoms with Crippen LogP contribution in [-0.2, 0) is 16.1 Å². The maximum absolute atomic E-state index is 11.6. The van der Waals surface area contributed by atoms with Crippen molar-refractivity contribution in [1.82, 2.24) is 0 Å². The van der Waals surface area contributed by atoms with Gasteiger partial charge in [0.25, 0.3) is 0 Å². The van der Waals surface area contributed by atoms with Gasteiger partial charge >= 0.3 is 5.97 Å². The highest BCUT2D eigenvalue weighted by atomic mass is 16.5. The molecule has 0 radical (unpaired) electrons. The highest BCUT2D eigenvalue weighted by Gasteiger charge is 2.27. The summed E-state index contributed by atoms with van der Waals surface area (Å²) in [6.45, 7) is 4.88. The molecule has 0 heterocycles. The second-order valence-electron chi connectivity index (χ2n) is 6.57. The zero-order chi connectivity index (χ0) is 18.1. The summed E-state index contributed by atoms with van der Waals surface area (Å²) in [6.07, 6.45) is 1.51. The van der Waals surface area contributed by atoms with E-state index in [0.717, 1.165) is 29.9 Å². The van der Waals surface area contributed by atoms with Crippen LogP contribution in [-0.4, -0.2) is 19.7 Å². The molecule has 0 amide bonds. The summed E-state index contributed by atoms with van der Waals surface area (Å²) in [5, 5.41) is 0. The molecule has 0 aromatic heterocycles. The van der Waals surface area contributed by atoms with E-state index in [1.165, 1.54) is 7.11 Å². The Balaban J connectivity index is 1.72. The lowest BCUT2D eigenvalue weighted by Gasteiger charge is -2.21. The van der Waals surface area contributed by atoms with Crippen LogP contribution >= 0.6 is 0 Å². The fourth-order valence-electron chi connectivity index (χ4n) is 2.46. The normalized spacial score (nSPS) is 11.0. The number of ether oxygens (including phenoxy) is 3. The molecule has 134 valence electrons. The van der Waals surface area contributed by atoms with Crippen molar-refractivity contribution in [2.75, 3.05) is 13.7 Å². The SMILES string of the molecule is COC(=O)C(C)(C)CCCOc1ccc(OCc2ccccc2)cc1. The van der Waals surface area contributed by atoms with E-state index in [9.17, 15) is 4.79 Å². The summed E-state index contributed by atoms with van der Waals surface area (Å²) in [4.78, 5) is 11.6. The van der Waals surface area contributed by atoms with Crippen LogP contribution in [0, 0.1) is 5.41 Å². The molecule has 2 rings (SSSR count). The van der Waals surface area contributed by atoms with E-state index in [0.29, 0.717) is 13.2 Å². The topological polar surface area (TPSA) is 44.8 Å². The van der Waals surface area contributed by atoms with Gasteiger partial charge in [-0.3, -0.25) is 4.79 Å². The third kappa shape index (κ3) is 6.14. The van der Waals surface area contributed by atoms with Crippen molar-refractivity contribution < 1.29 is 19.0 Å². The number of carbonyl (C=O) groups is 1. The standard InChI is InChI=1S/C21H26O4/c1-21(2,20(22)23-3)14-7-15-24-18-10-12-19(13-11-18)25-16-17-8-5-4-6-9-17/h4-6,8-13H,7,14-16H2,1-3H3. The Morgan fingerprint density at radius 3 is 2.12 bits per heavy atom. The number of hydrogen-bond acceptors (Lipinski definition) is 4. The van der Waals surface area contributed by atoms with E-state index in [1.807, 2.05) is 68.4 Å². The van der Waals surface area contributed by atoms with Crippen molar-refractivity contribution in [3.05, 3.63) is 60.2 Å². The largest absolute Gasteiger partial charge is 0.494 e. The summed E-state index contributed by atoms with van der Waals surface area (Å²) in [7, 11) is 1.42. The first-order valence-electron chi connectivity index (χ1n) is 8.49. The first-order valence-corrected chi connectivity index (χ1v) is 8.49. The summed E-state index contributed by atoms with van der Waals surface area (Å²) in [5.74, 6) is 1.42. The molecule has 4 nitrogen and oxygen atoms in total. The highest BCUT2D eigenvalue weighted by Crippen LogP contribution is 2.24. The van der Waals surface area contributed by atoms with Gasteiger partial charge in [0.2, 0.25) is 0 Å². The van der Waals surface area contributed by atoms with Crippen LogP contribution in [0.3, 0.4) is 0 Å². The van der Waals surface area contributed by atoms with Crippen molar-refractivity contribution in [3.8, 4) is 11.5 Å². The molecule has 2 aromatic carbocycles. The molecule has 0 aliphatic carbocycles. The lowest BCUT2D eigenvalue weighted by atomic mass is 9.88. The predicted octanol–water partition coefficient (Wildman–Crippen LogP) is 4.62. The fourth-order valence-corrected chi connectivity index (χ4v) is 2.46. The monoisotopic (exact) mass is 342 g/mol. The molecule has 0 aliphatic heterocycles. The van der Waals surface area contributed by atoms with Crippen LogP contribution in [0.2, 0.25) is 0 Å². The molecule has 0 spiro atoms. The Labute approximate surface area is 149 Å². The zero-order valence-corrected chi connectivity index (χ0v) is 15.2. The minimum atomic E-state index is -0.479. The Hall–Kier alpha value is -2.49. The summed E-state index contributed by atoms with van der Waals surface area (Å²) >= 11 is 0. The zero-order valence-electron chi connectivity index (χ0n) is 15.2. The van der Waals surface area contributed by atoms with Gasteiger partial charge in [-0.1, -0.05) is 30.3 Å². The van der Waals surface area contributed by atoms with Crippen LogP contribution < -0.4 is 9.47 Å². The van der Waals surface area contributed by atoms with E-state index in [-0.39, 0.29) is 5.97 Å². The molecular formula is C21H26O4. The van der Waals surface area contributed by atoms with Crippen molar-refractivity contribution in [1.29, 1.82) is 0 Å². The summed E-state index contributed by atoms with van der Waals surface area (Å²) < 4.78 is 16.3. The lowest BCUT2D eigenvalue weighted by Crippen LogP contribution is -2.26. The highest BCUT2D eigenvalue weighted by molar-refractivity contribution is 5.75. The van der Waals surface area contributed by atoms with Gasteiger partial charge in [0.05, 0.1) is 19.1 Å². The number of benzene rings is 2. The first-order chi connectivity index (χ1) is 12.0. The van der Waals surface area contributed by atoms with Crippen LogP contribution in [0.5, 0.6) is 11.5 Å². The Kier molecular flexibility index (Phi) is 6.87. The van der Waals surface area contributed by atoms with E-state index in [1.54, 1.807) is 0 Å². The van der Waals surface area contributed by atoms with Gasteiger partial charge < -0.3 is 14.2 Å². The van der Waals surface area contributed by atoms with Crippen molar-refractivity contribution >= 4 is 5.97 Å². The minimum absolute atomic E-state index is 0.188. The molecule has 0 bridgehead atoms. The fraction of sp³-hybridized carbons (Fsp3) is 0.381. The average Bonchev–Trinajstić information content (AvgIpc) is 2.64. The molecule has 2 aromatic rings. The van der Waals surface area contributed by atoms with Crippen molar-refractivity contribution in [2.45, 2.75) is 33.3 Å². The third-order valence-corrected chi connectivity index (χ3v) is 4.02. The van der Waals surface area contributed by atoms with Crippen LogP contribution in [0.25, 0.3) is 0 Å². The Morgan fingerprint density at radius 1 is 0.920 bits per heavy atom. The van der Waals surface area contributed by atoms with Gasteiger partial charge in [-0.25, -0.2) is 0 Å². The number of rotatable bonds is 9. The van der Waals surface area contributed by atoms with E-state index in [2.05, 4.69) is 0 Å². The molecule has 0 saturated heterocycles. The van der Waals surface area contributed by atoms with Gasteiger partial charge in [-0.05, 0) is 56.5 Å². The quantitative estimate of drug-likeness (QED) is 0.492. The number of hydrogen-bond donors (Lipinski definition) is 0. The molecule has 0 saturated carbocycles. The van der Waals surface area contributed by atoms with Gasteiger partial charge in [0, 0.05) is 0 Å². The van der Waals surface area contributed by atoms with Crippen LogP contribution in [0.15, 0.2) is 54.6 Å². The van der Waals surface area contributed by atoms with E-state index < -0.39 is 5.41 Å². The molecule has 0 N–H and O–H groups in total. The summed E-state index contributed by atoms with van der Waals surface area (Å²) in [6, 6.07) is 17.6. The van der Waals surface area contributed by atoms with E-state index >= 15 is 0 Å². The van der Waals surface area contributed by atoms with Crippen LogP contribution in [0.1, 0.15) is 32.3 Å². The second-order valence-corrected chi connectivity index (χ2v) is 6.57. The molecule has 25 heavy (non-hydrogen) atoms. The molecular weight excluding hydrogens is 316 g/mol. The average molecular weight is 342 g/mol. The maximum Gasteiger partial charge on any atom is 0.311 e. The van der Waals surface area contributed by atoms with Crippen molar-refractivity contribution in [3.63, 3.8) is 0 Å². The predicted molar refractivity (Wildman–Crippen MR) is 97.7 cm³/mol. The van der Waals surface area contributed by atoms with E-state index in [4.69, 9.17) is 14.2 Å². The molecule has 0 atom stereocenters. The van der Waals surface area contributed by atoms with Gasteiger partial charge in [0.1, 0.15) is 18.1 Å². The van der Waals surface area contributed by atoms with Gasteiger partial charge in [-0.15, -0.1) is 0 Å².